The Bertz CT molecular complexity index is 2000. The molecule has 0 aliphatic carbocycles. The molecule has 144 valence electrons. The Morgan fingerprint density at radius 2 is 1.35 bits per heavy atom. The molecule has 8 aromatic rings. The number of hydrogen-bond acceptors (Lipinski definition) is 3. The molecule has 0 radical (unpaired) electrons. The second kappa shape index (κ2) is 5.61. The average Bonchev–Trinajstić information content (AvgIpc) is 3.52. The van der Waals surface area contributed by atoms with Crippen molar-refractivity contribution in [3.63, 3.8) is 0 Å². The van der Waals surface area contributed by atoms with Gasteiger partial charge < -0.3 is 0 Å². The fourth-order valence-corrected chi connectivity index (χ4v) is 7.48. The minimum atomic E-state index is 1.02. The fraction of sp³-hybridized carbons (Fsp3) is 0. The van der Waals surface area contributed by atoms with Gasteiger partial charge in [0.2, 0.25) is 0 Å². The molecule has 0 spiro atoms. The van der Waals surface area contributed by atoms with Crippen molar-refractivity contribution in [3.05, 3.63) is 85.2 Å². The SMILES string of the molecule is c1ccc2c(c1)sc1cc3sc4ccc5c(c6ccccc6c6nccn56)c4c3cc12. The van der Waals surface area contributed by atoms with Crippen LogP contribution >= 0.6 is 22.7 Å². The highest BCUT2D eigenvalue weighted by Crippen LogP contribution is 2.45. The van der Waals surface area contributed by atoms with Crippen molar-refractivity contribution in [2.45, 2.75) is 0 Å². The minimum absolute atomic E-state index is 1.02. The van der Waals surface area contributed by atoms with Crippen LogP contribution in [0.4, 0.5) is 0 Å². The minimum Gasteiger partial charge on any atom is -0.299 e. The van der Waals surface area contributed by atoms with Crippen LogP contribution in [0.25, 0.3) is 67.7 Å². The number of thiophene rings is 2. The van der Waals surface area contributed by atoms with Crippen LogP contribution in [0.2, 0.25) is 0 Å². The number of fused-ring (bicyclic) bond motifs is 13. The van der Waals surface area contributed by atoms with E-state index in [0.29, 0.717) is 0 Å². The topological polar surface area (TPSA) is 17.3 Å². The first kappa shape index (κ1) is 16.3. The van der Waals surface area contributed by atoms with Crippen LogP contribution < -0.4 is 0 Å². The maximum Gasteiger partial charge on any atom is 0.145 e. The van der Waals surface area contributed by atoms with Gasteiger partial charge in [0.25, 0.3) is 0 Å². The lowest BCUT2D eigenvalue weighted by Crippen LogP contribution is -1.90. The van der Waals surface area contributed by atoms with Crippen LogP contribution in [0, 0.1) is 0 Å². The third-order valence-corrected chi connectivity index (χ3v) is 8.70. The van der Waals surface area contributed by atoms with E-state index >= 15 is 0 Å². The molecule has 0 unspecified atom stereocenters. The zero-order chi connectivity index (χ0) is 20.1. The molecule has 31 heavy (non-hydrogen) atoms. The summed E-state index contributed by atoms with van der Waals surface area (Å²) in [6.45, 7) is 0. The van der Waals surface area contributed by atoms with Crippen molar-refractivity contribution in [1.29, 1.82) is 0 Å². The van der Waals surface area contributed by atoms with Crippen molar-refractivity contribution in [3.8, 4) is 0 Å². The second-order valence-corrected chi connectivity index (χ2v) is 10.2. The van der Waals surface area contributed by atoms with Crippen molar-refractivity contribution in [2.24, 2.45) is 0 Å². The monoisotopic (exact) mass is 430 g/mol. The molecule has 0 atom stereocenters. The predicted octanol–water partition coefficient (Wildman–Crippen LogP) is 8.38. The van der Waals surface area contributed by atoms with E-state index in [9.17, 15) is 0 Å². The Kier molecular flexibility index (Phi) is 2.94. The zero-order valence-electron chi connectivity index (χ0n) is 16.3. The molecule has 0 saturated carbocycles. The summed E-state index contributed by atoms with van der Waals surface area (Å²) in [5.74, 6) is 0. The summed E-state index contributed by atoms with van der Waals surface area (Å²) in [7, 11) is 0. The molecule has 4 heterocycles. The first-order valence-corrected chi connectivity index (χ1v) is 11.9. The number of imidazole rings is 1. The van der Waals surface area contributed by atoms with E-state index in [4.69, 9.17) is 0 Å². The molecule has 0 amide bonds. The number of hydrogen-bond donors (Lipinski definition) is 0. The van der Waals surface area contributed by atoms with Crippen LogP contribution in [0.5, 0.6) is 0 Å². The highest BCUT2D eigenvalue weighted by Gasteiger charge is 2.16. The molecule has 0 bridgehead atoms. The lowest BCUT2D eigenvalue weighted by molar-refractivity contribution is 1.27. The molecule has 0 fully saturated rings. The first-order chi connectivity index (χ1) is 15.4. The summed E-state index contributed by atoms with van der Waals surface area (Å²) in [6, 6.07) is 26.8. The van der Waals surface area contributed by atoms with E-state index in [2.05, 4.69) is 88.4 Å². The van der Waals surface area contributed by atoms with Gasteiger partial charge in [-0.25, -0.2) is 4.98 Å². The molecular formula is C27H14N2S2. The molecule has 0 aliphatic heterocycles. The molecule has 0 N–H and O–H groups in total. The highest BCUT2D eigenvalue weighted by molar-refractivity contribution is 7.28. The summed E-state index contributed by atoms with van der Waals surface area (Å²) >= 11 is 3.79. The van der Waals surface area contributed by atoms with E-state index in [1.807, 2.05) is 28.9 Å². The number of benzene rings is 4. The van der Waals surface area contributed by atoms with Crippen LogP contribution in [-0.2, 0) is 0 Å². The molecule has 0 aliphatic rings. The van der Waals surface area contributed by atoms with Gasteiger partial charge in [-0.2, -0.15) is 0 Å². The molecular weight excluding hydrogens is 416 g/mol. The fourth-order valence-electron chi connectivity index (χ4n) is 5.14. The van der Waals surface area contributed by atoms with Crippen molar-refractivity contribution in [2.75, 3.05) is 0 Å². The lowest BCUT2D eigenvalue weighted by atomic mass is 10.00. The van der Waals surface area contributed by atoms with Gasteiger partial charge in [0.05, 0.1) is 5.52 Å². The van der Waals surface area contributed by atoms with E-state index < -0.39 is 0 Å². The largest absolute Gasteiger partial charge is 0.299 e. The molecule has 2 nitrogen and oxygen atoms in total. The summed E-state index contributed by atoms with van der Waals surface area (Å²) < 4.78 is 7.66. The summed E-state index contributed by atoms with van der Waals surface area (Å²) in [4.78, 5) is 4.66. The van der Waals surface area contributed by atoms with Crippen LogP contribution in [0.15, 0.2) is 85.2 Å². The maximum atomic E-state index is 4.66. The van der Waals surface area contributed by atoms with Crippen LogP contribution in [-0.4, -0.2) is 9.38 Å². The van der Waals surface area contributed by atoms with Crippen molar-refractivity contribution in [1.82, 2.24) is 9.38 Å². The zero-order valence-corrected chi connectivity index (χ0v) is 17.9. The van der Waals surface area contributed by atoms with Gasteiger partial charge >= 0.3 is 0 Å². The number of pyridine rings is 1. The van der Waals surface area contributed by atoms with Gasteiger partial charge in [0.1, 0.15) is 5.65 Å². The Labute approximate surface area is 184 Å². The van der Waals surface area contributed by atoms with E-state index in [-0.39, 0.29) is 0 Å². The van der Waals surface area contributed by atoms with E-state index in [0.717, 1.165) is 5.65 Å². The molecule has 8 rings (SSSR count). The first-order valence-electron chi connectivity index (χ1n) is 10.3. The standard InChI is InChI=1S/C27H14N2S2/c1-2-7-17-16(6-1)25-20(29-12-11-28-27(17)29)9-10-22-26(25)19-13-18-15-5-3-4-8-21(15)30-23(18)14-24(19)31-22/h1-14H. The molecule has 4 aromatic carbocycles. The Balaban J connectivity index is 1.68. The summed E-state index contributed by atoms with van der Waals surface area (Å²) in [6.07, 6.45) is 3.98. The van der Waals surface area contributed by atoms with E-state index in [1.54, 1.807) is 0 Å². The number of nitrogens with zero attached hydrogens (tertiary/aromatic N) is 2. The molecule has 0 saturated heterocycles. The predicted molar refractivity (Wildman–Crippen MR) is 136 cm³/mol. The number of aromatic nitrogens is 2. The summed E-state index contributed by atoms with van der Waals surface area (Å²) in [5.41, 5.74) is 2.24. The second-order valence-electron chi connectivity index (χ2n) is 8.04. The quantitative estimate of drug-likeness (QED) is 0.221. The maximum absolute atomic E-state index is 4.66. The summed E-state index contributed by atoms with van der Waals surface area (Å²) in [5, 5.41) is 9.23. The average molecular weight is 431 g/mol. The normalized spacial score (nSPS) is 12.5. The number of rotatable bonds is 0. The Hall–Kier alpha value is -3.47. The Morgan fingerprint density at radius 1 is 0.581 bits per heavy atom. The lowest BCUT2D eigenvalue weighted by Gasteiger charge is -2.10. The van der Waals surface area contributed by atoms with Gasteiger partial charge in [-0.1, -0.05) is 42.5 Å². The highest BCUT2D eigenvalue weighted by atomic mass is 32.1. The smallest absolute Gasteiger partial charge is 0.145 e. The third-order valence-electron chi connectivity index (χ3n) is 6.45. The third kappa shape index (κ3) is 1.99. The van der Waals surface area contributed by atoms with Gasteiger partial charge in [-0.3, -0.25) is 4.40 Å². The van der Waals surface area contributed by atoms with Gasteiger partial charge in [0, 0.05) is 63.5 Å². The molecule has 4 aromatic heterocycles. The van der Waals surface area contributed by atoms with Crippen LogP contribution in [0.1, 0.15) is 0 Å². The van der Waals surface area contributed by atoms with Gasteiger partial charge in [0.15, 0.2) is 0 Å². The van der Waals surface area contributed by atoms with E-state index in [1.165, 1.54) is 62.0 Å². The van der Waals surface area contributed by atoms with Crippen LogP contribution in [0.3, 0.4) is 0 Å². The van der Waals surface area contributed by atoms with Gasteiger partial charge in [-0.15, -0.1) is 22.7 Å². The van der Waals surface area contributed by atoms with Crippen molar-refractivity contribution < 1.29 is 0 Å². The van der Waals surface area contributed by atoms with Gasteiger partial charge in [-0.05, 0) is 35.7 Å². The Morgan fingerprint density at radius 3 is 2.29 bits per heavy atom. The molecule has 4 heteroatoms. The van der Waals surface area contributed by atoms with Crippen molar-refractivity contribution >= 4 is 90.3 Å².